The standard InChI is InChI=1S/C12H12Br2N2O3S/c1-7-12(5-9(6-15)19-7)20(17,18)16-11-4-8(13)2-3-10(11)14/h2-5,16H,6,15H2,1H3. The average molecular weight is 424 g/mol. The maximum Gasteiger partial charge on any atom is 0.265 e. The fourth-order valence-corrected chi connectivity index (χ4v) is 3.78. The first kappa shape index (κ1) is 15.6. The van der Waals surface area contributed by atoms with E-state index < -0.39 is 10.0 Å². The van der Waals surface area contributed by atoms with Crippen molar-refractivity contribution >= 4 is 47.6 Å². The Bertz CT molecular complexity index is 741. The number of halogens is 2. The molecule has 0 aliphatic carbocycles. The molecule has 0 radical (unpaired) electrons. The number of rotatable bonds is 4. The van der Waals surface area contributed by atoms with Crippen LogP contribution in [0.3, 0.4) is 0 Å². The highest BCUT2D eigenvalue weighted by Crippen LogP contribution is 2.29. The molecule has 2 aromatic rings. The summed E-state index contributed by atoms with van der Waals surface area (Å²) in [5.74, 6) is 0.736. The maximum atomic E-state index is 12.4. The molecule has 1 aromatic heterocycles. The van der Waals surface area contributed by atoms with Crippen LogP contribution in [0, 0.1) is 6.92 Å². The van der Waals surface area contributed by atoms with Crippen LogP contribution < -0.4 is 10.5 Å². The molecule has 20 heavy (non-hydrogen) atoms. The van der Waals surface area contributed by atoms with Gasteiger partial charge in [-0.3, -0.25) is 4.72 Å². The summed E-state index contributed by atoms with van der Waals surface area (Å²) < 4.78 is 33.9. The third-order valence-electron chi connectivity index (χ3n) is 2.59. The lowest BCUT2D eigenvalue weighted by atomic mass is 10.3. The Morgan fingerprint density at radius 1 is 1.30 bits per heavy atom. The van der Waals surface area contributed by atoms with Crippen LogP contribution in [0.4, 0.5) is 5.69 Å². The molecule has 5 nitrogen and oxygen atoms in total. The normalized spacial score (nSPS) is 11.6. The number of aryl methyl sites for hydroxylation is 1. The maximum absolute atomic E-state index is 12.4. The van der Waals surface area contributed by atoms with Crippen molar-refractivity contribution in [3.63, 3.8) is 0 Å². The second kappa shape index (κ2) is 5.88. The van der Waals surface area contributed by atoms with E-state index in [2.05, 4.69) is 36.6 Å². The summed E-state index contributed by atoms with van der Waals surface area (Å²) in [6.07, 6.45) is 0. The molecule has 0 bridgehead atoms. The highest BCUT2D eigenvalue weighted by atomic mass is 79.9. The van der Waals surface area contributed by atoms with Gasteiger partial charge in [0.25, 0.3) is 10.0 Å². The smallest absolute Gasteiger partial charge is 0.265 e. The van der Waals surface area contributed by atoms with Crippen LogP contribution in [0.15, 0.2) is 42.5 Å². The lowest BCUT2D eigenvalue weighted by Crippen LogP contribution is -2.13. The molecule has 0 saturated heterocycles. The second-order valence-electron chi connectivity index (χ2n) is 4.07. The van der Waals surface area contributed by atoms with Gasteiger partial charge < -0.3 is 10.2 Å². The predicted octanol–water partition coefficient (Wildman–Crippen LogP) is 3.37. The topological polar surface area (TPSA) is 85.3 Å². The predicted molar refractivity (Wildman–Crippen MR) is 84.0 cm³/mol. The van der Waals surface area contributed by atoms with E-state index in [1.54, 1.807) is 25.1 Å². The number of hydrogen-bond donors (Lipinski definition) is 2. The van der Waals surface area contributed by atoms with Gasteiger partial charge in [0.05, 0.1) is 12.2 Å². The lowest BCUT2D eigenvalue weighted by molar-refractivity contribution is 0.479. The molecule has 2 rings (SSSR count). The van der Waals surface area contributed by atoms with Crippen LogP contribution >= 0.6 is 31.9 Å². The molecule has 0 aliphatic rings. The quantitative estimate of drug-likeness (QED) is 0.789. The summed E-state index contributed by atoms with van der Waals surface area (Å²) in [4.78, 5) is 0.0878. The number of hydrogen-bond acceptors (Lipinski definition) is 4. The van der Waals surface area contributed by atoms with Crippen molar-refractivity contribution in [2.45, 2.75) is 18.4 Å². The van der Waals surface area contributed by atoms with Crippen molar-refractivity contribution in [1.29, 1.82) is 0 Å². The third-order valence-corrected chi connectivity index (χ3v) is 5.24. The molecule has 1 aromatic carbocycles. The van der Waals surface area contributed by atoms with Gasteiger partial charge in [0, 0.05) is 15.0 Å². The monoisotopic (exact) mass is 422 g/mol. The van der Waals surface area contributed by atoms with E-state index in [0.717, 1.165) is 4.47 Å². The number of benzene rings is 1. The van der Waals surface area contributed by atoms with E-state index in [-0.39, 0.29) is 11.4 Å². The van der Waals surface area contributed by atoms with Gasteiger partial charge in [-0.25, -0.2) is 8.42 Å². The molecule has 0 saturated carbocycles. The van der Waals surface area contributed by atoms with Crippen molar-refractivity contribution < 1.29 is 12.8 Å². The fraction of sp³-hybridized carbons (Fsp3) is 0.167. The molecule has 0 unspecified atom stereocenters. The lowest BCUT2D eigenvalue weighted by Gasteiger charge is -2.09. The summed E-state index contributed by atoms with van der Waals surface area (Å²) in [5.41, 5.74) is 5.89. The minimum absolute atomic E-state index is 0.0878. The highest BCUT2D eigenvalue weighted by molar-refractivity contribution is 9.11. The first-order valence-electron chi connectivity index (χ1n) is 5.60. The van der Waals surface area contributed by atoms with Crippen LogP contribution in [0.1, 0.15) is 11.5 Å². The van der Waals surface area contributed by atoms with Crippen LogP contribution in [0.5, 0.6) is 0 Å². The van der Waals surface area contributed by atoms with E-state index in [1.807, 2.05) is 0 Å². The number of sulfonamides is 1. The summed E-state index contributed by atoms with van der Waals surface area (Å²) in [7, 11) is -3.72. The highest BCUT2D eigenvalue weighted by Gasteiger charge is 2.22. The zero-order valence-corrected chi connectivity index (χ0v) is 14.5. The number of furan rings is 1. The first-order valence-corrected chi connectivity index (χ1v) is 8.67. The Balaban J connectivity index is 2.40. The van der Waals surface area contributed by atoms with Crippen LogP contribution in [-0.2, 0) is 16.6 Å². The van der Waals surface area contributed by atoms with Crippen molar-refractivity contribution in [1.82, 2.24) is 0 Å². The molecular weight excluding hydrogens is 412 g/mol. The van der Waals surface area contributed by atoms with Gasteiger partial charge in [-0.05, 0) is 41.1 Å². The Kier molecular flexibility index (Phi) is 4.58. The minimum Gasteiger partial charge on any atom is -0.464 e. The molecule has 108 valence electrons. The zero-order valence-electron chi connectivity index (χ0n) is 10.5. The fourth-order valence-electron chi connectivity index (χ4n) is 1.67. The van der Waals surface area contributed by atoms with Gasteiger partial charge in [-0.2, -0.15) is 0 Å². The Morgan fingerprint density at radius 2 is 2.00 bits per heavy atom. The van der Waals surface area contributed by atoms with E-state index >= 15 is 0 Å². The van der Waals surface area contributed by atoms with Gasteiger partial charge in [0.2, 0.25) is 0 Å². The first-order chi connectivity index (χ1) is 9.33. The number of nitrogens with two attached hydrogens (primary N) is 1. The molecule has 0 amide bonds. The molecule has 0 atom stereocenters. The van der Waals surface area contributed by atoms with Crippen LogP contribution in [0.25, 0.3) is 0 Å². The minimum atomic E-state index is -3.72. The van der Waals surface area contributed by atoms with E-state index in [1.165, 1.54) is 6.07 Å². The molecule has 1 heterocycles. The summed E-state index contributed by atoms with van der Waals surface area (Å²) in [5, 5.41) is 0. The zero-order chi connectivity index (χ0) is 14.9. The van der Waals surface area contributed by atoms with E-state index in [9.17, 15) is 8.42 Å². The molecule has 8 heteroatoms. The largest absolute Gasteiger partial charge is 0.464 e. The number of anilines is 1. The van der Waals surface area contributed by atoms with Gasteiger partial charge in [-0.1, -0.05) is 15.9 Å². The van der Waals surface area contributed by atoms with Crippen molar-refractivity contribution in [2.24, 2.45) is 5.73 Å². The number of nitrogens with one attached hydrogen (secondary N) is 1. The van der Waals surface area contributed by atoms with Gasteiger partial charge in [0.1, 0.15) is 16.4 Å². The molecule has 3 N–H and O–H groups in total. The van der Waals surface area contributed by atoms with Crippen molar-refractivity contribution in [2.75, 3.05) is 4.72 Å². The summed E-state index contributed by atoms with van der Waals surface area (Å²) in [6, 6.07) is 6.65. The van der Waals surface area contributed by atoms with Crippen molar-refractivity contribution in [3.8, 4) is 0 Å². The van der Waals surface area contributed by atoms with Gasteiger partial charge in [0.15, 0.2) is 0 Å². The van der Waals surface area contributed by atoms with E-state index in [0.29, 0.717) is 21.7 Å². The SMILES string of the molecule is Cc1oc(CN)cc1S(=O)(=O)Nc1cc(Br)ccc1Br. The van der Waals surface area contributed by atoms with E-state index in [4.69, 9.17) is 10.2 Å². The second-order valence-corrected chi connectivity index (χ2v) is 7.49. The molecule has 0 fully saturated rings. The van der Waals surface area contributed by atoms with Crippen molar-refractivity contribution in [3.05, 3.63) is 44.7 Å². The summed E-state index contributed by atoms with van der Waals surface area (Å²) in [6.45, 7) is 1.74. The van der Waals surface area contributed by atoms with Gasteiger partial charge in [-0.15, -0.1) is 0 Å². The van der Waals surface area contributed by atoms with Crippen LogP contribution in [-0.4, -0.2) is 8.42 Å². The van der Waals surface area contributed by atoms with Gasteiger partial charge >= 0.3 is 0 Å². The average Bonchev–Trinajstić information content (AvgIpc) is 2.76. The molecule has 0 spiro atoms. The third kappa shape index (κ3) is 3.25. The van der Waals surface area contributed by atoms with Crippen LogP contribution in [0.2, 0.25) is 0 Å². The Morgan fingerprint density at radius 3 is 2.60 bits per heavy atom. The Labute approximate surface area is 133 Å². The molecular formula is C12H12Br2N2O3S. The Hall–Kier alpha value is -0.830. The molecule has 0 aliphatic heterocycles. The summed E-state index contributed by atoms with van der Waals surface area (Å²) >= 11 is 6.60.